The number of amides is 1. The summed E-state index contributed by atoms with van der Waals surface area (Å²) in [6.07, 6.45) is 3.31. The molecule has 1 rings (SSSR count). The number of carbonyl (C=O) groups excluding carboxylic acids is 1. The predicted octanol–water partition coefficient (Wildman–Crippen LogP) is 1.09. The first-order chi connectivity index (χ1) is 6.87. The minimum Gasteiger partial charge on any atom is -0.480 e. The van der Waals surface area contributed by atoms with Gasteiger partial charge in [-0.15, -0.1) is 0 Å². The van der Waals surface area contributed by atoms with Gasteiger partial charge >= 0.3 is 5.97 Å². The van der Waals surface area contributed by atoms with Gasteiger partial charge in [0.15, 0.2) is 0 Å². The second-order valence-electron chi connectivity index (χ2n) is 3.86. The Balaban J connectivity index is 2.91. The van der Waals surface area contributed by atoms with Crippen LogP contribution in [0.3, 0.4) is 0 Å². The summed E-state index contributed by atoms with van der Waals surface area (Å²) in [5.41, 5.74) is -0.763. The molecule has 0 aliphatic carbocycles. The van der Waals surface area contributed by atoms with Gasteiger partial charge < -0.3 is 15.0 Å². The number of aromatic amines is 1. The number of carbonyl (C=O) groups is 2. The predicted molar refractivity (Wildman–Crippen MR) is 55.6 cm³/mol. The van der Waals surface area contributed by atoms with E-state index in [1.54, 1.807) is 25.5 Å². The number of carboxylic acid groups (broad SMARTS) is 1. The summed E-state index contributed by atoms with van der Waals surface area (Å²) < 4.78 is 0. The lowest BCUT2D eigenvalue weighted by atomic mass is 9.92. The van der Waals surface area contributed by atoms with Gasteiger partial charge in [0.2, 0.25) is 5.91 Å². The molecule has 0 aliphatic heterocycles. The Morgan fingerprint density at radius 3 is 2.47 bits per heavy atom. The fraction of sp³-hybridized carbons (Fsp3) is 0.400. The van der Waals surface area contributed by atoms with Gasteiger partial charge in [0, 0.05) is 19.4 Å². The van der Waals surface area contributed by atoms with E-state index in [4.69, 9.17) is 5.11 Å². The molecular formula is C10H14N2O3. The highest BCUT2D eigenvalue weighted by molar-refractivity contribution is 6.08. The molecule has 1 amide bonds. The van der Waals surface area contributed by atoms with Gasteiger partial charge in [-0.25, -0.2) is 0 Å². The van der Waals surface area contributed by atoms with Crippen molar-refractivity contribution < 1.29 is 14.7 Å². The minimum absolute atomic E-state index is 0.449. The lowest BCUT2D eigenvalue weighted by molar-refractivity contribution is -0.152. The Morgan fingerprint density at radius 2 is 2.07 bits per heavy atom. The van der Waals surface area contributed by atoms with Gasteiger partial charge in [-0.1, -0.05) is 0 Å². The highest BCUT2D eigenvalue weighted by Gasteiger charge is 2.38. The quantitative estimate of drug-likeness (QED) is 0.733. The standard InChI is InChI=1S/C10H14N2O3/c1-10(2,9(14)15)8(13)12(3)7-4-5-11-6-7/h4-6,11H,1-3H3,(H,14,15). The molecule has 2 N–H and O–H groups in total. The van der Waals surface area contributed by atoms with E-state index in [-0.39, 0.29) is 0 Å². The van der Waals surface area contributed by atoms with Crippen LogP contribution in [-0.4, -0.2) is 29.0 Å². The van der Waals surface area contributed by atoms with E-state index >= 15 is 0 Å². The van der Waals surface area contributed by atoms with Crippen LogP contribution in [0.2, 0.25) is 0 Å². The van der Waals surface area contributed by atoms with Crippen LogP contribution in [0.4, 0.5) is 5.69 Å². The van der Waals surface area contributed by atoms with Gasteiger partial charge in [0.25, 0.3) is 0 Å². The van der Waals surface area contributed by atoms with Crippen molar-refractivity contribution in [2.24, 2.45) is 5.41 Å². The minimum atomic E-state index is -1.41. The molecule has 0 fully saturated rings. The fourth-order valence-electron chi connectivity index (χ4n) is 1.15. The number of hydrogen-bond donors (Lipinski definition) is 2. The molecule has 0 aliphatic rings. The van der Waals surface area contributed by atoms with Crippen molar-refractivity contribution in [2.45, 2.75) is 13.8 Å². The third-order valence-corrected chi connectivity index (χ3v) is 2.34. The summed E-state index contributed by atoms with van der Waals surface area (Å²) in [5, 5.41) is 8.90. The first-order valence-corrected chi connectivity index (χ1v) is 4.51. The zero-order chi connectivity index (χ0) is 11.6. The third-order valence-electron chi connectivity index (χ3n) is 2.34. The normalized spacial score (nSPS) is 11.1. The molecule has 5 nitrogen and oxygen atoms in total. The summed E-state index contributed by atoms with van der Waals surface area (Å²) in [4.78, 5) is 26.8. The maximum Gasteiger partial charge on any atom is 0.318 e. The molecule has 1 aromatic heterocycles. The van der Waals surface area contributed by atoms with Crippen LogP contribution >= 0.6 is 0 Å². The summed E-state index contributed by atoms with van der Waals surface area (Å²) >= 11 is 0. The summed E-state index contributed by atoms with van der Waals surface area (Å²) in [6, 6.07) is 1.70. The van der Waals surface area contributed by atoms with Crippen LogP contribution in [0.25, 0.3) is 0 Å². The molecule has 0 unspecified atom stereocenters. The Kier molecular flexibility index (Phi) is 2.83. The number of nitrogens with zero attached hydrogens (tertiary/aromatic N) is 1. The van der Waals surface area contributed by atoms with Gasteiger partial charge in [-0.05, 0) is 19.9 Å². The van der Waals surface area contributed by atoms with Gasteiger partial charge in [0.1, 0.15) is 5.41 Å². The average Bonchev–Trinajstić information content (AvgIpc) is 2.67. The molecule has 1 heterocycles. The average molecular weight is 210 g/mol. The second kappa shape index (κ2) is 3.76. The molecule has 15 heavy (non-hydrogen) atoms. The molecule has 0 radical (unpaired) electrons. The second-order valence-corrected chi connectivity index (χ2v) is 3.86. The first-order valence-electron chi connectivity index (χ1n) is 4.51. The van der Waals surface area contributed by atoms with Gasteiger partial charge in [-0.2, -0.15) is 0 Å². The molecule has 0 saturated heterocycles. The maximum atomic E-state index is 11.8. The summed E-state index contributed by atoms with van der Waals surface area (Å²) in [6.45, 7) is 2.78. The first kappa shape index (κ1) is 11.3. The number of aromatic nitrogens is 1. The maximum absolute atomic E-state index is 11.8. The molecule has 0 aromatic carbocycles. The lowest BCUT2D eigenvalue weighted by Gasteiger charge is -2.24. The number of nitrogens with one attached hydrogen (secondary N) is 1. The van der Waals surface area contributed by atoms with E-state index < -0.39 is 17.3 Å². The van der Waals surface area contributed by atoms with E-state index in [9.17, 15) is 9.59 Å². The highest BCUT2D eigenvalue weighted by Crippen LogP contribution is 2.22. The van der Waals surface area contributed by atoms with Crippen molar-refractivity contribution in [3.8, 4) is 0 Å². The number of hydrogen-bond acceptors (Lipinski definition) is 2. The van der Waals surface area contributed by atoms with Crippen LogP contribution < -0.4 is 4.90 Å². The summed E-state index contributed by atoms with van der Waals surface area (Å²) in [7, 11) is 1.55. The van der Waals surface area contributed by atoms with Crippen molar-refractivity contribution in [3.05, 3.63) is 18.5 Å². The van der Waals surface area contributed by atoms with Crippen LogP contribution in [0.15, 0.2) is 18.5 Å². The Bertz CT molecular complexity index is 368. The van der Waals surface area contributed by atoms with Crippen LogP contribution in [0.5, 0.6) is 0 Å². The zero-order valence-corrected chi connectivity index (χ0v) is 8.94. The van der Waals surface area contributed by atoms with E-state index in [1.807, 2.05) is 0 Å². The Hall–Kier alpha value is -1.78. The largest absolute Gasteiger partial charge is 0.480 e. The molecule has 0 atom stereocenters. The number of rotatable bonds is 3. The number of anilines is 1. The van der Waals surface area contributed by atoms with Crippen LogP contribution in [-0.2, 0) is 9.59 Å². The van der Waals surface area contributed by atoms with E-state index in [0.717, 1.165) is 0 Å². The van der Waals surface area contributed by atoms with Crippen molar-refractivity contribution in [1.82, 2.24) is 4.98 Å². The van der Waals surface area contributed by atoms with Crippen molar-refractivity contribution in [3.63, 3.8) is 0 Å². The molecule has 0 spiro atoms. The van der Waals surface area contributed by atoms with Crippen molar-refractivity contribution in [1.29, 1.82) is 0 Å². The Morgan fingerprint density at radius 1 is 1.47 bits per heavy atom. The monoisotopic (exact) mass is 210 g/mol. The summed E-state index contributed by atoms with van der Waals surface area (Å²) in [5.74, 6) is -1.58. The third kappa shape index (κ3) is 2.01. The number of carboxylic acids is 1. The van der Waals surface area contributed by atoms with E-state index in [0.29, 0.717) is 5.69 Å². The smallest absolute Gasteiger partial charge is 0.318 e. The molecule has 82 valence electrons. The zero-order valence-electron chi connectivity index (χ0n) is 8.94. The van der Waals surface area contributed by atoms with E-state index in [1.165, 1.54) is 18.7 Å². The highest BCUT2D eigenvalue weighted by atomic mass is 16.4. The van der Waals surface area contributed by atoms with Gasteiger partial charge in [0.05, 0.1) is 5.69 Å². The SMILES string of the molecule is CN(C(=O)C(C)(C)C(=O)O)c1cc[nH]c1. The molecule has 0 saturated carbocycles. The van der Waals surface area contributed by atoms with Crippen molar-refractivity contribution in [2.75, 3.05) is 11.9 Å². The number of H-pyrrole nitrogens is 1. The lowest BCUT2D eigenvalue weighted by Crippen LogP contribution is -2.43. The van der Waals surface area contributed by atoms with Crippen LogP contribution in [0.1, 0.15) is 13.8 Å². The number of aliphatic carboxylic acids is 1. The molecule has 1 aromatic rings. The molecule has 0 bridgehead atoms. The van der Waals surface area contributed by atoms with E-state index in [2.05, 4.69) is 4.98 Å². The van der Waals surface area contributed by atoms with Gasteiger partial charge in [-0.3, -0.25) is 9.59 Å². The van der Waals surface area contributed by atoms with Crippen LogP contribution in [0, 0.1) is 5.41 Å². The fourth-order valence-corrected chi connectivity index (χ4v) is 1.15. The Labute approximate surface area is 87.7 Å². The van der Waals surface area contributed by atoms with Crippen molar-refractivity contribution >= 4 is 17.6 Å². The topological polar surface area (TPSA) is 73.4 Å². The molecular weight excluding hydrogens is 196 g/mol. The molecule has 5 heteroatoms.